The zero-order valence-electron chi connectivity index (χ0n) is 9.33. The van der Waals surface area contributed by atoms with Gasteiger partial charge in [0.2, 0.25) is 10.0 Å². The first-order valence-electron chi connectivity index (χ1n) is 5.10. The molecule has 0 bridgehead atoms. The van der Waals surface area contributed by atoms with Crippen LogP contribution in [0.3, 0.4) is 0 Å². The second-order valence-electron chi connectivity index (χ2n) is 3.89. The second kappa shape index (κ2) is 4.15. The average molecular weight is 245 g/mol. The Hall–Kier alpha value is -0.920. The number of aromatic nitrogens is 2. The summed E-state index contributed by atoms with van der Waals surface area (Å²) >= 11 is 0. The van der Waals surface area contributed by atoms with E-state index in [4.69, 9.17) is 4.74 Å². The molecule has 0 N–H and O–H groups in total. The Labute approximate surface area is 94.9 Å². The summed E-state index contributed by atoms with van der Waals surface area (Å²) in [6, 6.07) is 0. The Bertz CT molecular complexity index is 468. The van der Waals surface area contributed by atoms with E-state index in [1.54, 1.807) is 7.05 Å². The molecule has 0 radical (unpaired) electrons. The fraction of sp³-hybridized carbons (Fsp3) is 0.667. The van der Waals surface area contributed by atoms with Crippen molar-refractivity contribution >= 4 is 10.0 Å². The molecule has 1 aromatic rings. The molecule has 1 aliphatic heterocycles. The van der Waals surface area contributed by atoms with E-state index in [0.29, 0.717) is 19.7 Å². The molecule has 90 valence electrons. The fourth-order valence-electron chi connectivity index (χ4n) is 1.69. The van der Waals surface area contributed by atoms with Gasteiger partial charge in [-0.3, -0.25) is 4.68 Å². The largest absolute Gasteiger partial charge is 0.376 e. The lowest BCUT2D eigenvalue weighted by Crippen LogP contribution is -2.44. The summed E-state index contributed by atoms with van der Waals surface area (Å²) in [5, 5.41) is 3.88. The van der Waals surface area contributed by atoms with E-state index in [0.717, 1.165) is 0 Å². The van der Waals surface area contributed by atoms with Crippen LogP contribution >= 0.6 is 0 Å². The molecule has 0 saturated carbocycles. The minimum absolute atomic E-state index is 0.0554. The third-order valence-corrected chi connectivity index (χ3v) is 4.34. The molecule has 16 heavy (non-hydrogen) atoms. The summed E-state index contributed by atoms with van der Waals surface area (Å²) in [4.78, 5) is 0.240. The van der Waals surface area contributed by atoms with Gasteiger partial charge >= 0.3 is 0 Å². The van der Waals surface area contributed by atoms with Crippen molar-refractivity contribution in [3.8, 4) is 0 Å². The van der Waals surface area contributed by atoms with Gasteiger partial charge in [-0.2, -0.15) is 9.40 Å². The van der Waals surface area contributed by atoms with Crippen LogP contribution in [0.4, 0.5) is 0 Å². The minimum Gasteiger partial charge on any atom is -0.376 e. The maximum Gasteiger partial charge on any atom is 0.246 e. The second-order valence-corrected chi connectivity index (χ2v) is 5.83. The van der Waals surface area contributed by atoms with E-state index in [1.165, 1.54) is 21.4 Å². The molecular formula is C9H15N3O3S. The van der Waals surface area contributed by atoms with Gasteiger partial charge in [0.1, 0.15) is 4.90 Å². The molecule has 1 fully saturated rings. The fourth-order valence-corrected chi connectivity index (χ4v) is 3.17. The number of morpholine rings is 1. The van der Waals surface area contributed by atoms with E-state index in [2.05, 4.69) is 5.10 Å². The molecule has 2 rings (SSSR count). The van der Waals surface area contributed by atoms with Crippen LogP contribution < -0.4 is 0 Å². The lowest BCUT2D eigenvalue weighted by atomic mass is 10.3. The molecule has 1 unspecified atom stereocenters. The smallest absolute Gasteiger partial charge is 0.246 e. The van der Waals surface area contributed by atoms with Gasteiger partial charge in [0.25, 0.3) is 0 Å². The van der Waals surface area contributed by atoms with Crippen LogP contribution in [0.25, 0.3) is 0 Å². The quantitative estimate of drug-likeness (QED) is 0.725. The van der Waals surface area contributed by atoms with E-state index in [1.807, 2.05) is 6.92 Å². The molecule has 0 amide bonds. The molecular weight excluding hydrogens is 230 g/mol. The van der Waals surface area contributed by atoms with Crippen molar-refractivity contribution in [2.75, 3.05) is 19.7 Å². The predicted molar refractivity (Wildman–Crippen MR) is 57.4 cm³/mol. The van der Waals surface area contributed by atoms with Crippen molar-refractivity contribution in [3.63, 3.8) is 0 Å². The number of hydrogen-bond donors (Lipinski definition) is 0. The molecule has 6 nitrogen and oxygen atoms in total. The molecule has 0 aromatic carbocycles. The molecule has 1 aliphatic rings. The number of sulfonamides is 1. The third kappa shape index (κ3) is 2.11. The van der Waals surface area contributed by atoms with E-state index < -0.39 is 10.0 Å². The number of hydrogen-bond acceptors (Lipinski definition) is 4. The molecule has 1 saturated heterocycles. The molecule has 0 aliphatic carbocycles. The van der Waals surface area contributed by atoms with Crippen LogP contribution in [0.15, 0.2) is 17.3 Å². The Morgan fingerprint density at radius 2 is 2.31 bits per heavy atom. The lowest BCUT2D eigenvalue weighted by molar-refractivity contribution is 0.0102. The van der Waals surface area contributed by atoms with Crippen LogP contribution in [-0.4, -0.2) is 48.3 Å². The number of aryl methyl sites for hydroxylation is 1. The highest BCUT2D eigenvalue weighted by molar-refractivity contribution is 7.89. The summed E-state index contributed by atoms with van der Waals surface area (Å²) in [5.74, 6) is 0. The average Bonchev–Trinajstić information content (AvgIpc) is 2.65. The van der Waals surface area contributed by atoms with Crippen molar-refractivity contribution in [3.05, 3.63) is 12.4 Å². The summed E-state index contributed by atoms with van der Waals surface area (Å²) in [5.41, 5.74) is 0. The highest BCUT2D eigenvalue weighted by Crippen LogP contribution is 2.17. The van der Waals surface area contributed by atoms with Crippen LogP contribution in [0.1, 0.15) is 6.92 Å². The van der Waals surface area contributed by atoms with Crippen molar-refractivity contribution in [1.29, 1.82) is 0 Å². The van der Waals surface area contributed by atoms with Gasteiger partial charge in [-0.1, -0.05) is 0 Å². The summed E-state index contributed by atoms with van der Waals surface area (Å²) < 4.78 is 32.6. The predicted octanol–water partition coefficient (Wildman–Crippen LogP) is -0.170. The first-order chi connectivity index (χ1) is 7.50. The molecule has 1 aromatic heterocycles. The Morgan fingerprint density at radius 3 is 2.88 bits per heavy atom. The van der Waals surface area contributed by atoms with Crippen molar-refractivity contribution in [2.45, 2.75) is 17.9 Å². The number of ether oxygens (including phenoxy) is 1. The van der Waals surface area contributed by atoms with Gasteiger partial charge in [0.15, 0.2) is 0 Å². The van der Waals surface area contributed by atoms with Gasteiger partial charge in [-0.25, -0.2) is 8.42 Å². The van der Waals surface area contributed by atoms with Gasteiger partial charge in [-0.05, 0) is 6.92 Å². The van der Waals surface area contributed by atoms with Crippen LogP contribution in [0.5, 0.6) is 0 Å². The third-order valence-electron chi connectivity index (χ3n) is 2.52. The first-order valence-corrected chi connectivity index (χ1v) is 6.54. The summed E-state index contributed by atoms with van der Waals surface area (Å²) in [6.07, 6.45) is 2.82. The van der Waals surface area contributed by atoms with Crippen molar-refractivity contribution in [1.82, 2.24) is 14.1 Å². The Kier molecular flexibility index (Phi) is 3.00. The van der Waals surface area contributed by atoms with E-state index in [9.17, 15) is 8.42 Å². The van der Waals surface area contributed by atoms with Crippen LogP contribution in [-0.2, 0) is 21.8 Å². The number of rotatable bonds is 2. The summed E-state index contributed by atoms with van der Waals surface area (Å²) in [7, 11) is -1.71. The molecule has 7 heteroatoms. The van der Waals surface area contributed by atoms with Gasteiger partial charge in [-0.15, -0.1) is 0 Å². The molecule has 2 heterocycles. The monoisotopic (exact) mass is 245 g/mol. The maximum absolute atomic E-state index is 12.2. The van der Waals surface area contributed by atoms with Gasteiger partial charge in [0.05, 0.1) is 18.9 Å². The van der Waals surface area contributed by atoms with Gasteiger partial charge < -0.3 is 4.74 Å². The SMILES string of the molecule is CC1CN(S(=O)(=O)c2cnn(C)c2)CCO1. The minimum atomic E-state index is -3.40. The van der Waals surface area contributed by atoms with Crippen molar-refractivity contribution < 1.29 is 13.2 Å². The first kappa shape index (κ1) is 11.6. The number of nitrogens with zero attached hydrogens (tertiary/aromatic N) is 3. The zero-order chi connectivity index (χ0) is 11.8. The summed E-state index contributed by atoms with van der Waals surface area (Å²) in [6.45, 7) is 3.12. The highest BCUT2D eigenvalue weighted by atomic mass is 32.2. The molecule has 1 atom stereocenters. The van der Waals surface area contributed by atoms with Crippen LogP contribution in [0.2, 0.25) is 0 Å². The lowest BCUT2D eigenvalue weighted by Gasteiger charge is -2.29. The van der Waals surface area contributed by atoms with E-state index in [-0.39, 0.29) is 11.0 Å². The van der Waals surface area contributed by atoms with Crippen molar-refractivity contribution in [2.24, 2.45) is 7.05 Å². The topological polar surface area (TPSA) is 64.4 Å². The van der Waals surface area contributed by atoms with E-state index >= 15 is 0 Å². The van der Waals surface area contributed by atoms with Crippen LogP contribution in [0, 0.1) is 0 Å². The Balaban J connectivity index is 2.25. The zero-order valence-corrected chi connectivity index (χ0v) is 10.1. The Morgan fingerprint density at radius 1 is 1.56 bits per heavy atom. The maximum atomic E-state index is 12.2. The van der Waals surface area contributed by atoms with Gasteiger partial charge in [0, 0.05) is 26.3 Å². The highest BCUT2D eigenvalue weighted by Gasteiger charge is 2.29. The molecule has 0 spiro atoms. The standard InChI is InChI=1S/C9H15N3O3S/c1-8-6-12(3-4-15-8)16(13,14)9-5-10-11(2)7-9/h5,7-8H,3-4,6H2,1-2H3. The normalized spacial score (nSPS) is 23.5.